The Morgan fingerprint density at radius 1 is 1.30 bits per heavy atom. The third-order valence-corrected chi connectivity index (χ3v) is 4.15. The number of nitrogens with one attached hydrogen (secondary N) is 1. The lowest BCUT2D eigenvalue weighted by Crippen LogP contribution is -2.57. The summed E-state index contributed by atoms with van der Waals surface area (Å²) in [5.74, 6) is -0.742. The van der Waals surface area contributed by atoms with Gasteiger partial charge in [0.2, 0.25) is 5.91 Å². The van der Waals surface area contributed by atoms with E-state index >= 15 is 0 Å². The summed E-state index contributed by atoms with van der Waals surface area (Å²) in [6, 6.07) is 0. The van der Waals surface area contributed by atoms with E-state index in [0.717, 1.165) is 25.7 Å². The van der Waals surface area contributed by atoms with Crippen molar-refractivity contribution < 1.29 is 19.4 Å². The summed E-state index contributed by atoms with van der Waals surface area (Å²) in [7, 11) is 0. The molecule has 0 bridgehead atoms. The number of carbonyl (C=O) groups excluding carboxylic acids is 1. The van der Waals surface area contributed by atoms with Crippen LogP contribution in [0.2, 0.25) is 0 Å². The van der Waals surface area contributed by atoms with Crippen molar-refractivity contribution in [3.05, 3.63) is 0 Å². The Kier molecular flexibility index (Phi) is 6.99. The molecule has 1 fully saturated rings. The van der Waals surface area contributed by atoms with Crippen molar-refractivity contribution in [2.24, 2.45) is 5.92 Å². The van der Waals surface area contributed by atoms with Crippen LogP contribution < -0.4 is 5.32 Å². The van der Waals surface area contributed by atoms with E-state index in [-0.39, 0.29) is 5.91 Å². The SMILES string of the molecule is CCCCC(CC)CC(=O)NC1(C(=O)O)CCOCC1. The summed E-state index contributed by atoms with van der Waals surface area (Å²) < 4.78 is 5.20. The second kappa shape index (κ2) is 8.25. The van der Waals surface area contributed by atoms with Gasteiger partial charge in [0.15, 0.2) is 0 Å². The quantitative estimate of drug-likeness (QED) is 0.717. The minimum atomic E-state index is -1.13. The van der Waals surface area contributed by atoms with Crippen LogP contribution in [0, 0.1) is 5.92 Å². The maximum atomic E-state index is 12.1. The zero-order chi connectivity index (χ0) is 15.0. The third kappa shape index (κ3) is 4.78. The maximum absolute atomic E-state index is 12.1. The fraction of sp³-hybridized carbons (Fsp3) is 0.867. The molecule has 1 saturated heterocycles. The number of unbranched alkanes of at least 4 members (excludes halogenated alkanes) is 1. The number of carboxylic acid groups (broad SMARTS) is 1. The molecule has 1 heterocycles. The topological polar surface area (TPSA) is 75.6 Å². The van der Waals surface area contributed by atoms with Crippen LogP contribution >= 0.6 is 0 Å². The molecule has 1 amide bonds. The third-order valence-electron chi connectivity index (χ3n) is 4.15. The van der Waals surface area contributed by atoms with Crippen molar-refractivity contribution in [3.8, 4) is 0 Å². The Balaban J connectivity index is 2.55. The molecule has 0 spiro atoms. The minimum Gasteiger partial charge on any atom is -0.480 e. The summed E-state index contributed by atoms with van der Waals surface area (Å²) in [5.41, 5.74) is -1.13. The molecule has 1 aliphatic heterocycles. The average Bonchev–Trinajstić information content (AvgIpc) is 2.44. The molecule has 0 aromatic carbocycles. The summed E-state index contributed by atoms with van der Waals surface area (Å²) >= 11 is 0. The van der Waals surface area contributed by atoms with Gasteiger partial charge < -0.3 is 15.2 Å². The second-order valence-electron chi connectivity index (χ2n) is 5.67. The highest BCUT2D eigenvalue weighted by molar-refractivity contribution is 5.87. The predicted molar refractivity (Wildman–Crippen MR) is 76.5 cm³/mol. The Morgan fingerprint density at radius 3 is 2.45 bits per heavy atom. The van der Waals surface area contributed by atoms with E-state index in [1.807, 2.05) is 0 Å². The number of carbonyl (C=O) groups is 2. The van der Waals surface area contributed by atoms with Crippen LogP contribution in [-0.2, 0) is 14.3 Å². The molecule has 116 valence electrons. The molecule has 1 unspecified atom stereocenters. The van der Waals surface area contributed by atoms with Gasteiger partial charge in [0, 0.05) is 32.5 Å². The van der Waals surface area contributed by atoms with Gasteiger partial charge in [-0.3, -0.25) is 4.79 Å². The summed E-state index contributed by atoms with van der Waals surface area (Å²) in [4.78, 5) is 23.6. The molecule has 20 heavy (non-hydrogen) atoms. The van der Waals surface area contributed by atoms with E-state index in [1.165, 1.54) is 0 Å². The number of hydrogen-bond donors (Lipinski definition) is 2. The molecule has 1 aliphatic rings. The highest BCUT2D eigenvalue weighted by Crippen LogP contribution is 2.23. The molecule has 2 N–H and O–H groups in total. The Bertz CT molecular complexity index is 324. The molecule has 0 aliphatic carbocycles. The standard InChI is InChI=1S/C15H27NO4/c1-3-5-6-12(4-2)11-13(17)16-15(14(18)19)7-9-20-10-8-15/h12H,3-11H2,1-2H3,(H,16,17)(H,18,19). The number of amides is 1. The molecular weight excluding hydrogens is 258 g/mol. The first-order valence-corrected chi connectivity index (χ1v) is 7.66. The minimum absolute atomic E-state index is 0.141. The zero-order valence-corrected chi connectivity index (χ0v) is 12.6. The smallest absolute Gasteiger partial charge is 0.329 e. The Hall–Kier alpha value is -1.10. The summed E-state index contributed by atoms with van der Waals surface area (Å²) in [6.07, 6.45) is 5.34. The molecular formula is C15H27NO4. The highest BCUT2D eigenvalue weighted by atomic mass is 16.5. The Labute approximate surface area is 121 Å². The van der Waals surface area contributed by atoms with Crippen LogP contribution in [0.1, 0.15) is 58.8 Å². The van der Waals surface area contributed by atoms with Crippen molar-refractivity contribution in [3.63, 3.8) is 0 Å². The van der Waals surface area contributed by atoms with E-state index in [2.05, 4.69) is 19.2 Å². The first kappa shape index (κ1) is 17.0. The van der Waals surface area contributed by atoms with E-state index in [9.17, 15) is 14.7 Å². The lowest BCUT2D eigenvalue weighted by molar-refractivity contribution is -0.152. The first-order chi connectivity index (χ1) is 9.54. The van der Waals surface area contributed by atoms with Crippen LogP contribution in [-0.4, -0.2) is 35.7 Å². The van der Waals surface area contributed by atoms with Gasteiger partial charge in [-0.2, -0.15) is 0 Å². The normalized spacial score (nSPS) is 19.3. The number of ether oxygens (including phenoxy) is 1. The highest BCUT2D eigenvalue weighted by Gasteiger charge is 2.41. The molecule has 1 atom stereocenters. The van der Waals surface area contributed by atoms with Crippen LogP contribution in [0.5, 0.6) is 0 Å². The van der Waals surface area contributed by atoms with E-state index in [0.29, 0.717) is 38.4 Å². The molecule has 0 radical (unpaired) electrons. The molecule has 0 aromatic heterocycles. The molecule has 5 heteroatoms. The van der Waals surface area contributed by atoms with E-state index < -0.39 is 11.5 Å². The Morgan fingerprint density at radius 2 is 1.95 bits per heavy atom. The fourth-order valence-corrected chi connectivity index (χ4v) is 2.64. The predicted octanol–water partition coefficient (Wildman–Crippen LogP) is 2.34. The number of aliphatic carboxylic acids is 1. The van der Waals surface area contributed by atoms with Crippen molar-refractivity contribution >= 4 is 11.9 Å². The second-order valence-corrected chi connectivity index (χ2v) is 5.67. The summed E-state index contributed by atoms with van der Waals surface area (Å²) in [5, 5.41) is 12.2. The van der Waals surface area contributed by atoms with Crippen LogP contribution in [0.3, 0.4) is 0 Å². The average molecular weight is 285 g/mol. The van der Waals surface area contributed by atoms with Crippen molar-refractivity contribution in [2.75, 3.05) is 13.2 Å². The zero-order valence-electron chi connectivity index (χ0n) is 12.6. The fourth-order valence-electron chi connectivity index (χ4n) is 2.64. The van der Waals surface area contributed by atoms with Gasteiger partial charge in [-0.05, 0) is 12.3 Å². The number of rotatable bonds is 8. The summed E-state index contributed by atoms with van der Waals surface area (Å²) in [6.45, 7) is 4.99. The lowest BCUT2D eigenvalue weighted by Gasteiger charge is -2.34. The van der Waals surface area contributed by atoms with Gasteiger partial charge in [0.25, 0.3) is 0 Å². The number of carboxylic acids is 1. The van der Waals surface area contributed by atoms with Crippen molar-refractivity contribution in [2.45, 2.75) is 64.3 Å². The molecule has 0 aromatic rings. The lowest BCUT2D eigenvalue weighted by atomic mass is 9.89. The van der Waals surface area contributed by atoms with Gasteiger partial charge in [-0.25, -0.2) is 4.79 Å². The largest absolute Gasteiger partial charge is 0.480 e. The van der Waals surface area contributed by atoms with Gasteiger partial charge in [-0.15, -0.1) is 0 Å². The molecule has 0 saturated carbocycles. The van der Waals surface area contributed by atoms with Crippen LogP contribution in [0.15, 0.2) is 0 Å². The molecule has 5 nitrogen and oxygen atoms in total. The van der Waals surface area contributed by atoms with Gasteiger partial charge in [-0.1, -0.05) is 33.1 Å². The maximum Gasteiger partial charge on any atom is 0.329 e. The monoisotopic (exact) mass is 285 g/mol. The van der Waals surface area contributed by atoms with Gasteiger partial charge in [0.05, 0.1) is 0 Å². The van der Waals surface area contributed by atoms with E-state index in [1.54, 1.807) is 0 Å². The van der Waals surface area contributed by atoms with Crippen molar-refractivity contribution in [1.82, 2.24) is 5.32 Å². The van der Waals surface area contributed by atoms with Gasteiger partial charge >= 0.3 is 5.97 Å². The van der Waals surface area contributed by atoms with Gasteiger partial charge in [0.1, 0.15) is 5.54 Å². The first-order valence-electron chi connectivity index (χ1n) is 7.66. The van der Waals surface area contributed by atoms with Crippen molar-refractivity contribution in [1.29, 1.82) is 0 Å². The van der Waals surface area contributed by atoms with Crippen LogP contribution in [0.25, 0.3) is 0 Å². The van der Waals surface area contributed by atoms with Crippen LogP contribution in [0.4, 0.5) is 0 Å². The number of hydrogen-bond acceptors (Lipinski definition) is 3. The van der Waals surface area contributed by atoms with E-state index in [4.69, 9.17) is 4.74 Å². The molecule has 1 rings (SSSR count).